The van der Waals surface area contributed by atoms with Gasteiger partial charge in [-0.15, -0.1) is 11.3 Å². The molecule has 0 radical (unpaired) electrons. The summed E-state index contributed by atoms with van der Waals surface area (Å²) in [6.45, 7) is 0. The standard InChI is InChI=1S/C25H15F2N3O2S/c26-17-9-11-19(12-10-17)29-23(31)21(15-28)25-30(20-7-2-1-3-8-20)24(32)22(33-25)14-16-5-4-6-18(27)13-16/h1-14H,(H,29,31). The summed E-state index contributed by atoms with van der Waals surface area (Å²) in [4.78, 5) is 26.2. The predicted octanol–water partition coefficient (Wildman–Crippen LogP) is 3.32. The van der Waals surface area contributed by atoms with Crippen molar-refractivity contribution in [1.82, 2.24) is 4.57 Å². The van der Waals surface area contributed by atoms with Gasteiger partial charge in [0.15, 0.2) is 5.57 Å². The third kappa shape index (κ3) is 4.79. The normalized spacial score (nSPS) is 12.2. The quantitative estimate of drug-likeness (QED) is 0.509. The van der Waals surface area contributed by atoms with E-state index >= 15 is 0 Å². The summed E-state index contributed by atoms with van der Waals surface area (Å²) in [5.41, 5.74) is 0.493. The second-order valence-corrected chi connectivity index (χ2v) is 7.93. The number of nitrogens with one attached hydrogen (secondary N) is 1. The van der Waals surface area contributed by atoms with Crippen molar-refractivity contribution in [3.63, 3.8) is 0 Å². The highest BCUT2D eigenvalue weighted by Crippen LogP contribution is 2.11. The van der Waals surface area contributed by atoms with Gasteiger partial charge in [-0.05, 0) is 60.2 Å². The summed E-state index contributed by atoms with van der Waals surface area (Å²) in [5, 5.41) is 12.3. The number of carbonyl (C=O) groups is 1. The maximum Gasteiger partial charge on any atom is 0.273 e. The maximum atomic E-state index is 13.6. The number of nitrogens with zero attached hydrogens (tertiary/aromatic N) is 2. The highest BCUT2D eigenvalue weighted by Gasteiger charge is 2.17. The Balaban J connectivity index is 1.94. The number of halogens is 2. The average Bonchev–Trinajstić information content (AvgIpc) is 3.12. The summed E-state index contributed by atoms with van der Waals surface area (Å²) in [7, 11) is 0. The van der Waals surface area contributed by atoms with Gasteiger partial charge >= 0.3 is 0 Å². The number of amides is 1. The van der Waals surface area contributed by atoms with E-state index in [-0.39, 0.29) is 14.8 Å². The van der Waals surface area contributed by atoms with E-state index in [0.29, 0.717) is 16.9 Å². The zero-order valence-electron chi connectivity index (χ0n) is 17.0. The molecule has 162 valence electrons. The number of hydrogen-bond acceptors (Lipinski definition) is 4. The van der Waals surface area contributed by atoms with Gasteiger partial charge < -0.3 is 5.32 Å². The van der Waals surface area contributed by atoms with Crippen LogP contribution in [0.3, 0.4) is 0 Å². The van der Waals surface area contributed by atoms with Crippen LogP contribution in [0.25, 0.3) is 17.3 Å². The maximum absolute atomic E-state index is 13.6. The van der Waals surface area contributed by atoms with E-state index in [1.165, 1.54) is 53.1 Å². The van der Waals surface area contributed by atoms with Crippen LogP contribution in [0.4, 0.5) is 14.5 Å². The van der Waals surface area contributed by atoms with Crippen LogP contribution in [0.15, 0.2) is 83.7 Å². The Morgan fingerprint density at radius 3 is 2.36 bits per heavy atom. The fourth-order valence-electron chi connectivity index (χ4n) is 3.13. The highest BCUT2D eigenvalue weighted by molar-refractivity contribution is 7.07. The number of hydrogen-bond donors (Lipinski definition) is 1. The molecule has 1 aromatic heterocycles. The molecular weight excluding hydrogens is 444 g/mol. The van der Waals surface area contributed by atoms with Crippen molar-refractivity contribution in [3.05, 3.63) is 116 Å². The molecule has 0 saturated carbocycles. The molecule has 0 spiro atoms. The van der Waals surface area contributed by atoms with Crippen LogP contribution in [0.1, 0.15) is 5.56 Å². The van der Waals surface area contributed by atoms with Gasteiger partial charge in [0.2, 0.25) is 0 Å². The number of rotatable bonds is 4. The number of aromatic nitrogens is 1. The molecule has 0 unspecified atom stereocenters. The van der Waals surface area contributed by atoms with Gasteiger partial charge in [0, 0.05) is 5.69 Å². The van der Waals surface area contributed by atoms with Crippen molar-refractivity contribution in [2.24, 2.45) is 0 Å². The van der Waals surface area contributed by atoms with Crippen molar-refractivity contribution in [2.75, 3.05) is 5.32 Å². The first-order valence-electron chi connectivity index (χ1n) is 9.72. The monoisotopic (exact) mass is 459 g/mol. The van der Waals surface area contributed by atoms with Crippen LogP contribution >= 0.6 is 11.3 Å². The van der Waals surface area contributed by atoms with Crippen LogP contribution in [0, 0.1) is 23.0 Å². The summed E-state index contributed by atoms with van der Waals surface area (Å²) in [5.74, 6) is -1.66. The SMILES string of the molecule is N#CC(C(=O)Nc1ccc(F)cc1)=c1sc(=Cc2cccc(F)c2)c(=O)n1-c1ccccc1. The number of para-hydroxylation sites is 1. The van der Waals surface area contributed by atoms with E-state index in [2.05, 4.69) is 5.32 Å². The Hall–Kier alpha value is -4.35. The Morgan fingerprint density at radius 1 is 0.970 bits per heavy atom. The number of benzene rings is 3. The molecule has 1 N–H and O–H groups in total. The first-order chi connectivity index (χ1) is 16.0. The lowest BCUT2D eigenvalue weighted by molar-refractivity contribution is -0.111. The van der Waals surface area contributed by atoms with Gasteiger partial charge in [0.25, 0.3) is 11.5 Å². The molecule has 0 atom stereocenters. The first kappa shape index (κ1) is 21.9. The lowest BCUT2D eigenvalue weighted by Gasteiger charge is -2.05. The third-order valence-corrected chi connectivity index (χ3v) is 5.73. The second kappa shape index (κ2) is 9.42. The summed E-state index contributed by atoms with van der Waals surface area (Å²) in [6.07, 6.45) is 1.51. The van der Waals surface area contributed by atoms with Crippen molar-refractivity contribution in [2.45, 2.75) is 0 Å². The third-order valence-electron chi connectivity index (χ3n) is 4.64. The molecule has 33 heavy (non-hydrogen) atoms. The van der Waals surface area contributed by atoms with Crippen molar-refractivity contribution in [1.29, 1.82) is 5.26 Å². The van der Waals surface area contributed by atoms with Crippen LogP contribution in [0.5, 0.6) is 0 Å². The summed E-state index contributed by atoms with van der Waals surface area (Å²) < 4.78 is 28.4. The van der Waals surface area contributed by atoms with Gasteiger partial charge in [0.1, 0.15) is 22.4 Å². The minimum absolute atomic E-state index is 0.121. The van der Waals surface area contributed by atoms with Gasteiger partial charge in [-0.3, -0.25) is 14.2 Å². The van der Waals surface area contributed by atoms with Crippen molar-refractivity contribution >= 4 is 34.6 Å². The van der Waals surface area contributed by atoms with Gasteiger partial charge in [-0.2, -0.15) is 5.26 Å². The molecule has 4 aromatic rings. The van der Waals surface area contributed by atoms with Gasteiger partial charge in [-0.1, -0.05) is 30.3 Å². The topological polar surface area (TPSA) is 74.9 Å². The number of carbonyl (C=O) groups excluding carboxylic acids is 1. The molecule has 0 fully saturated rings. The summed E-state index contributed by atoms with van der Waals surface area (Å²) in [6, 6.07) is 21.3. The molecule has 0 aliphatic heterocycles. The molecule has 3 aromatic carbocycles. The molecule has 0 saturated heterocycles. The fourth-order valence-corrected chi connectivity index (χ4v) is 4.23. The van der Waals surface area contributed by atoms with E-state index in [1.807, 2.05) is 6.07 Å². The van der Waals surface area contributed by atoms with Crippen LogP contribution in [-0.2, 0) is 4.79 Å². The molecule has 1 heterocycles. The van der Waals surface area contributed by atoms with E-state index < -0.39 is 23.1 Å². The number of anilines is 1. The van der Waals surface area contributed by atoms with Gasteiger partial charge in [-0.25, -0.2) is 8.78 Å². The van der Waals surface area contributed by atoms with Crippen LogP contribution in [0.2, 0.25) is 0 Å². The molecule has 0 aliphatic carbocycles. The molecule has 0 bridgehead atoms. The van der Waals surface area contributed by atoms with Crippen LogP contribution < -0.4 is 20.1 Å². The predicted molar refractivity (Wildman–Crippen MR) is 123 cm³/mol. The van der Waals surface area contributed by atoms with E-state index in [1.54, 1.807) is 36.4 Å². The van der Waals surface area contributed by atoms with Crippen molar-refractivity contribution < 1.29 is 13.6 Å². The smallest absolute Gasteiger partial charge is 0.273 e. The zero-order chi connectivity index (χ0) is 23.4. The van der Waals surface area contributed by atoms with E-state index in [4.69, 9.17) is 0 Å². The lowest BCUT2D eigenvalue weighted by Crippen LogP contribution is -2.32. The molecule has 5 nitrogen and oxygen atoms in total. The zero-order valence-corrected chi connectivity index (χ0v) is 17.8. The minimum Gasteiger partial charge on any atom is -0.321 e. The first-order valence-corrected chi connectivity index (χ1v) is 10.5. The summed E-state index contributed by atoms with van der Waals surface area (Å²) >= 11 is 0.948. The molecule has 4 rings (SSSR count). The van der Waals surface area contributed by atoms with Crippen LogP contribution in [-0.4, -0.2) is 10.5 Å². The fraction of sp³-hybridized carbons (Fsp3) is 0. The Bertz CT molecular complexity index is 1550. The van der Waals surface area contributed by atoms with Crippen molar-refractivity contribution in [3.8, 4) is 11.8 Å². The number of nitriles is 1. The largest absolute Gasteiger partial charge is 0.321 e. The second-order valence-electron chi connectivity index (χ2n) is 6.89. The molecule has 8 heteroatoms. The van der Waals surface area contributed by atoms with E-state index in [0.717, 1.165) is 11.3 Å². The molecule has 0 aliphatic rings. The molecule has 1 amide bonds. The number of thiazole rings is 1. The Kier molecular flexibility index (Phi) is 6.24. The highest BCUT2D eigenvalue weighted by atomic mass is 32.1. The Morgan fingerprint density at radius 2 is 1.70 bits per heavy atom. The van der Waals surface area contributed by atoms with E-state index in [9.17, 15) is 23.6 Å². The Labute approximate surface area is 190 Å². The van der Waals surface area contributed by atoms with Gasteiger partial charge in [0.05, 0.1) is 10.2 Å². The molecular formula is C25H15F2N3O2S. The lowest BCUT2D eigenvalue weighted by atomic mass is 10.2. The minimum atomic E-state index is -0.743. The average molecular weight is 459 g/mol.